The first-order chi connectivity index (χ1) is 14.7. The molecule has 10 nitrogen and oxygen atoms in total. The van der Waals surface area contributed by atoms with Crippen LogP contribution in [0.4, 0.5) is 17.3 Å². The summed E-state index contributed by atoms with van der Waals surface area (Å²) in [6.07, 6.45) is 1.64. The summed E-state index contributed by atoms with van der Waals surface area (Å²) in [5.74, 6) is 2.11. The molecule has 2 heterocycles. The van der Waals surface area contributed by atoms with Crippen molar-refractivity contribution < 1.29 is 14.1 Å². The fourth-order valence-electron chi connectivity index (χ4n) is 2.61. The number of benzene rings is 2. The molecular formula is C19H16BrN7O3. The molecule has 0 saturated heterocycles. The Hall–Kier alpha value is -3.73. The fourth-order valence-corrected chi connectivity index (χ4v) is 3.17. The van der Waals surface area contributed by atoms with Gasteiger partial charge in [-0.15, -0.1) is 0 Å². The number of rotatable bonds is 7. The summed E-state index contributed by atoms with van der Waals surface area (Å²) in [6.45, 7) is 0. The van der Waals surface area contributed by atoms with Gasteiger partial charge in [-0.3, -0.25) is 5.43 Å². The Labute approximate surface area is 179 Å². The smallest absolute Gasteiger partial charge is 0.245 e. The maximum Gasteiger partial charge on any atom is 0.245 e. The van der Waals surface area contributed by atoms with E-state index >= 15 is 0 Å². The highest BCUT2D eigenvalue weighted by Crippen LogP contribution is 2.30. The normalized spacial score (nSPS) is 11.0. The molecular weight excluding hydrogens is 454 g/mol. The first kappa shape index (κ1) is 19.6. The molecule has 0 radical (unpaired) electrons. The Morgan fingerprint density at radius 2 is 1.70 bits per heavy atom. The summed E-state index contributed by atoms with van der Waals surface area (Å²) in [7, 11) is 3.20. The predicted octanol–water partition coefficient (Wildman–Crippen LogP) is 3.98. The van der Waals surface area contributed by atoms with Gasteiger partial charge in [-0.2, -0.15) is 10.1 Å². The van der Waals surface area contributed by atoms with E-state index in [0.29, 0.717) is 23.1 Å². The number of para-hydroxylation sites is 2. The zero-order valence-corrected chi connectivity index (χ0v) is 17.5. The van der Waals surface area contributed by atoms with Gasteiger partial charge in [-0.1, -0.05) is 12.1 Å². The molecule has 4 aromatic rings. The number of hydrogen-bond donors (Lipinski definition) is 2. The number of nitrogens with zero attached hydrogens (tertiary/aromatic N) is 5. The summed E-state index contributed by atoms with van der Waals surface area (Å²) < 4.78 is 16.1. The summed E-state index contributed by atoms with van der Waals surface area (Å²) in [5, 5.41) is 14.9. The summed E-state index contributed by atoms with van der Waals surface area (Å²) in [6, 6.07) is 13.0. The van der Waals surface area contributed by atoms with Crippen LogP contribution in [-0.4, -0.2) is 40.7 Å². The zero-order valence-electron chi connectivity index (χ0n) is 16.0. The van der Waals surface area contributed by atoms with Crippen LogP contribution in [0, 0.1) is 0 Å². The molecule has 2 N–H and O–H groups in total. The lowest BCUT2D eigenvalue weighted by atomic mass is 10.2. The number of halogens is 1. The maximum absolute atomic E-state index is 5.38. The third-order valence-electron chi connectivity index (χ3n) is 4.03. The molecule has 0 atom stereocenters. The van der Waals surface area contributed by atoms with Crippen molar-refractivity contribution in [1.82, 2.24) is 20.3 Å². The van der Waals surface area contributed by atoms with Gasteiger partial charge >= 0.3 is 0 Å². The van der Waals surface area contributed by atoms with E-state index in [-0.39, 0.29) is 11.3 Å². The minimum Gasteiger partial charge on any atom is -0.496 e. The van der Waals surface area contributed by atoms with Crippen molar-refractivity contribution in [2.75, 3.05) is 25.0 Å². The van der Waals surface area contributed by atoms with Crippen LogP contribution in [-0.2, 0) is 0 Å². The van der Waals surface area contributed by atoms with Gasteiger partial charge in [0.25, 0.3) is 0 Å². The maximum atomic E-state index is 5.38. The van der Waals surface area contributed by atoms with E-state index in [1.165, 1.54) is 0 Å². The van der Waals surface area contributed by atoms with Crippen LogP contribution in [0.5, 0.6) is 11.5 Å². The van der Waals surface area contributed by atoms with Gasteiger partial charge in [-0.05, 0) is 62.1 Å². The van der Waals surface area contributed by atoms with Gasteiger partial charge < -0.3 is 14.8 Å². The Bertz CT molecular complexity index is 1210. The molecule has 30 heavy (non-hydrogen) atoms. The Morgan fingerprint density at radius 3 is 2.43 bits per heavy atom. The van der Waals surface area contributed by atoms with E-state index in [0.717, 1.165) is 15.8 Å². The van der Waals surface area contributed by atoms with Crippen molar-refractivity contribution in [3.63, 3.8) is 0 Å². The van der Waals surface area contributed by atoms with E-state index in [1.54, 1.807) is 20.4 Å². The second-order valence-corrected chi connectivity index (χ2v) is 6.78. The Kier molecular flexibility index (Phi) is 5.70. The van der Waals surface area contributed by atoms with Crippen LogP contribution in [0.3, 0.4) is 0 Å². The number of methoxy groups -OCH3 is 2. The predicted molar refractivity (Wildman–Crippen MR) is 116 cm³/mol. The lowest BCUT2D eigenvalue weighted by molar-refractivity contribution is 0.314. The van der Waals surface area contributed by atoms with Crippen molar-refractivity contribution in [1.29, 1.82) is 0 Å². The molecule has 0 aliphatic rings. The molecule has 0 bridgehead atoms. The van der Waals surface area contributed by atoms with Crippen molar-refractivity contribution in [2.24, 2.45) is 5.10 Å². The van der Waals surface area contributed by atoms with Crippen LogP contribution in [0.1, 0.15) is 5.56 Å². The molecule has 2 aromatic carbocycles. The van der Waals surface area contributed by atoms with Crippen LogP contribution in [0.2, 0.25) is 0 Å². The highest BCUT2D eigenvalue weighted by molar-refractivity contribution is 9.10. The number of aromatic nitrogens is 4. The van der Waals surface area contributed by atoms with Crippen LogP contribution in [0.15, 0.2) is 56.7 Å². The van der Waals surface area contributed by atoms with Crippen LogP contribution in [0.25, 0.3) is 11.3 Å². The molecule has 0 unspecified atom stereocenters. The SMILES string of the molecule is COc1ccc(/C=N/Nc2nc3nonc3nc2Nc2ccccc2OC)cc1Br. The Balaban J connectivity index is 1.62. The number of hydrogen-bond acceptors (Lipinski definition) is 10. The van der Waals surface area contributed by atoms with Gasteiger partial charge in [0.15, 0.2) is 11.6 Å². The minimum atomic E-state index is 0.255. The van der Waals surface area contributed by atoms with Crippen molar-refractivity contribution in [2.45, 2.75) is 0 Å². The zero-order chi connectivity index (χ0) is 20.9. The average Bonchev–Trinajstić information content (AvgIpc) is 3.21. The summed E-state index contributed by atoms with van der Waals surface area (Å²) in [4.78, 5) is 8.79. The quantitative estimate of drug-likeness (QED) is 0.305. The third-order valence-corrected chi connectivity index (χ3v) is 4.65. The highest BCUT2D eigenvalue weighted by Gasteiger charge is 2.14. The molecule has 0 saturated carbocycles. The molecule has 2 aromatic heterocycles. The lowest BCUT2D eigenvalue weighted by Gasteiger charge is -2.12. The molecule has 0 fully saturated rings. The van der Waals surface area contributed by atoms with Gasteiger partial charge in [-0.25, -0.2) is 9.61 Å². The van der Waals surface area contributed by atoms with Crippen LogP contribution >= 0.6 is 15.9 Å². The van der Waals surface area contributed by atoms with Gasteiger partial charge in [0.05, 0.1) is 30.6 Å². The molecule has 11 heteroatoms. The van der Waals surface area contributed by atoms with E-state index in [9.17, 15) is 0 Å². The average molecular weight is 470 g/mol. The fraction of sp³-hybridized carbons (Fsp3) is 0.105. The molecule has 0 aliphatic heterocycles. The monoisotopic (exact) mass is 469 g/mol. The molecule has 0 spiro atoms. The molecule has 4 rings (SSSR count). The highest BCUT2D eigenvalue weighted by atomic mass is 79.9. The third kappa shape index (κ3) is 4.15. The topological polar surface area (TPSA) is 120 Å². The molecule has 0 aliphatic carbocycles. The molecule has 152 valence electrons. The van der Waals surface area contributed by atoms with E-state index in [2.05, 4.69) is 52.1 Å². The summed E-state index contributed by atoms with van der Waals surface area (Å²) >= 11 is 3.45. The van der Waals surface area contributed by atoms with Gasteiger partial charge in [0.1, 0.15) is 11.5 Å². The van der Waals surface area contributed by atoms with E-state index in [1.807, 2.05) is 42.5 Å². The number of nitrogens with one attached hydrogen (secondary N) is 2. The lowest BCUT2D eigenvalue weighted by Crippen LogP contribution is -2.04. The Morgan fingerprint density at radius 1 is 0.967 bits per heavy atom. The minimum absolute atomic E-state index is 0.255. The first-order valence-electron chi connectivity index (χ1n) is 8.71. The summed E-state index contributed by atoms with van der Waals surface area (Å²) in [5.41, 5.74) is 4.96. The number of hydrazone groups is 1. The second kappa shape index (κ2) is 8.74. The number of fused-ring (bicyclic) bond motifs is 1. The van der Waals surface area contributed by atoms with Crippen molar-refractivity contribution in [3.8, 4) is 11.5 Å². The van der Waals surface area contributed by atoms with Crippen LogP contribution < -0.4 is 20.2 Å². The first-order valence-corrected chi connectivity index (χ1v) is 9.50. The van der Waals surface area contributed by atoms with Gasteiger partial charge in [0.2, 0.25) is 11.3 Å². The van der Waals surface area contributed by atoms with Crippen molar-refractivity contribution >= 4 is 50.8 Å². The van der Waals surface area contributed by atoms with E-state index in [4.69, 9.17) is 14.1 Å². The van der Waals surface area contributed by atoms with Crippen molar-refractivity contribution in [3.05, 3.63) is 52.5 Å². The standard InChI is InChI=1S/C19H16BrN7O3/c1-28-14-8-7-11(9-12(14)20)10-21-25-17-16(23-18-19(24-17)27-30-26-18)22-13-5-3-4-6-15(13)29-2/h3-10H,1-2H3,(H,22,23,26)(H,24,25,27)/b21-10+. The molecule has 0 amide bonds. The second-order valence-electron chi connectivity index (χ2n) is 5.92. The van der Waals surface area contributed by atoms with Gasteiger partial charge in [0, 0.05) is 0 Å². The number of ether oxygens (including phenoxy) is 2. The van der Waals surface area contributed by atoms with E-state index < -0.39 is 0 Å². The largest absolute Gasteiger partial charge is 0.496 e. The number of anilines is 3.